The second-order valence-electron chi connectivity index (χ2n) is 7.43. The summed E-state index contributed by atoms with van der Waals surface area (Å²) in [6.45, 7) is 4.79. The number of rotatable bonds is 5. The number of methoxy groups -OCH3 is 1. The first kappa shape index (κ1) is 19.7. The first-order valence-corrected chi connectivity index (χ1v) is 9.93. The molecule has 0 bridgehead atoms. The number of fused-ring (bicyclic) bond motifs is 2. The maximum absolute atomic E-state index is 13.5. The van der Waals surface area contributed by atoms with Gasteiger partial charge in [-0.15, -0.1) is 0 Å². The average Bonchev–Trinajstić information content (AvgIpc) is 2.96. The molecule has 1 amide bonds. The summed E-state index contributed by atoms with van der Waals surface area (Å²) in [6, 6.07) is 10.5. The summed E-state index contributed by atoms with van der Waals surface area (Å²) in [4.78, 5) is 28.5. The topological polar surface area (TPSA) is 59.8 Å². The highest BCUT2D eigenvalue weighted by atomic mass is 35.5. The zero-order valence-electron chi connectivity index (χ0n) is 16.6. The zero-order valence-corrected chi connectivity index (χ0v) is 17.4. The summed E-state index contributed by atoms with van der Waals surface area (Å²) in [7, 11) is 1.62. The van der Waals surface area contributed by atoms with Crippen molar-refractivity contribution in [1.29, 1.82) is 0 Å². The van der Waals surface area contributed by atoms with Crippen LogP contribution in [-0.4, -0.2) is 31.1 Å². The van der Waals surface area contributed by atoms with E-state index >= 15 is 0 Å². The van der Waals surface area contributed by atoms with Crippen LogP contribution in [0.1, 0.15) is 45.3 Å². The van der Waals surface area contributed by atoms with Gasteiger partial charge in [0, 0.05) is 25.3 Å². The molecular weight excluding hydrogens is 390 g/mol. The van der Waals surface area contributed by atoms with E-state index in [0.29, 0.717) is 41.1 Å². The lowest BCUT2D eigenvalue weighted by molar-refractivity contribution is 0.0708. The van der Waals surface area contributed by atoms with Crippen molar-refractivity contribution in [3.05, 3.63) is 79.7 Å². The van der Waals surface area contributed by atoms with Crippen LogP contribution >= 0.6 is 11.6 Å². The molecule has 0 spiro atoms. The molecule has 4 rings (SSSR count). The largest absolute Gasteiger partial charge is 0.450 e. The van der Waals surface area contributed by atoms with Crippen molar-refractivity contribution in [2.75, 3.05) is 20.3 Å². The second kappa shape index (κ2) is 7.65. The van der Waals surface area contributed by atoms with Gasteiger partial charge in [0.1, 0.15) is 5.58 Å². The van der Waals surface area contributed by atoms with Crippen molar-refractivity contribution >= 4 is 28.5 Å². The van der Waals surface area contributed by atoms with Gasteiger partial charge in [-0.25, -0.2) is 0 Å². The monoisotopic (exact) mass is 411 g/mol. The van der Waals surface area contributed by atoms with E-state index in [-0.39, 0.29) is 17.1 Å². The first-order chi connectivity index (χ1) is 13.9. The Hall–Kier alpha value is -2.63. The maximum Gasteiger partial charge on any atom is 0.290 e. The molecule has 1 aromatic heterocycles. The lowest BCUT2D eigenvalue weighted by atomic mass is 9.97. The Kier molecular flexibility index (Phi) is 5.19. The van der Waals surface area contributed by atoms with Crippen molar-refractivity contribution in [2.24, 2.45) is 0 Å². The molecule has 0 radical (unpaired) electrons. The van der Waals surface area contributed by atoms with Crippen molar-refractivity contribution in [1.82, 2.24) is 4.90 Å². The Morgan fingerprint density at radius 2 is 1.97 bits per heavy atom. The number of amides is 1. The van der Waals surface area contributed by atoms with Gasteiger partial charge in [-0.3, -0.25) is 9.59 Å². The number of benzene rings is 2. The lowest BCUT2D eigenvalue weighted by Crippen LogP contribution is -2.31. The normalized spacial score (nSPS) is 15.9. The van der Waals surface area contributed by atoms with Crippen LogP contribution in [0.3, 0.4) is 0 Å². The quantitative estimate of drug-likeness (QED) is 0.573. The van der Waals surface area contributed by atoms with Gasteiger partial charge in [-0.05, 0) is 55.2 Å². The summed E-state index contributed by atoms with van der Waals surface area (Å²) in [5.74, 6) is -0.156. The minimum absolute atomic E-state index is 0.122. The van der Waals surface area contributed by atoms with E-state index in [9.17, 15) is 9.59 Å². The highest BCUT2D eigenvalue weighted by Crippen LogP contribution is 2.39. The van der Waals surface area contributed by atoms with E-state index in [1.165, 1.54) is 0 Å². The molecule has 2 heterocycles. The smallest absolute Gasteiger partial charge is 0.290 e. The fraction of sp³-hybridized carbons (Fsp3) is 0.304. The molecule has 1 aliphatic rings. The van der Waals surface area contributed by atoms with Gasteiger partial charge in [-0.2, -0.15) is 0 Å². The minimum Gasteiger partial charge on any atom is -0.450 e. The fourth-order valence-corrected chi connectivity index (χ4v) is 4.31. The Morgan fingerprint density at radius 3 is 2.69 bits per heavy atom. The maximum atomic E-state index is 13.5. The number of halogens is 1. The van der Waals surface area contributed by atoms with Gasteiger partial charge in [0.15, 0.2) is 5.43 Å². The van der Waals surface area contributed by atoms with Crippen LogP contribution in [0.4, 0.5) is 0 Å². The van der Waals surface area contributed by atoms with Crippen molar-refractivity contribution in [3.63, 3.8) is 0 Å². The van der Waals surface area contributed by atoms with Crippen LogP contribution in [0.2, 0.25) is 5.02 Å². The van der Waals surface area contributed by atoms with Gasteiger partial charge in [-0.1, -0.05) is 29.8 Å². The second-order valence-corrected chi connectivity index (χ2v) is 7.87. The SMILES string of the molecule is COCCCN1C(=O)c2oc3c(C)cc(C)cc3c(=O)c2C1c1cccc(Cl)c1. The first-order valence-electron chi connectivity index (χ1n) is 9.55. The Bertz CT molecular complexity index is 1170. The third-order valence-electron chi connectivity index (χ3n) is 5.31. The molecule has 6 heteroatoms. The predicted octanol–water partition coefficient (Wildman–Crippen LogP) is 4.64. The Balaban J connectivity index is 1.96. The standard InChI is InChI=1S/C23H22ClNO4/c1-13-10-14(2)21-17(11-13)20(26)18-19(15-6-4-7-16(24)12-15)25(8-5-9-28-3)23(27)22(18)29-21/h4,6-7,10-12,19H,5,8-9H2,1-3H3. The van der Waals surface area contributed by atoms with Crippen molar-refractivity contribution in [2.45, 2.75) is 26.3 Å². The summed E-state index contributed by atoms with van der Waals surface area (Å²) in [5, 5.41) is 1.05. The number of hydrogen-bond donors (Lipinski definition) is 0. The van der Waals surface area contributed by atoms with E-state index in [4.69, 9.17) is 20.8 Å². The van der Waals surface area contributed by atoms with E-state index in [2.05, 4.69) is 0 Å². The zero-order chi connectivity index (χ0) is 20.7. The fourth-order valence-electron chi connectivity index (χ4n) is 4.11. The molecule has 3 aromatic rings. The van der Waals surface area contributed by atoms with Gasteiger partial charge >= 0.3 is 0 Å². The third-order valence-corrected chi connectivity index (χ3v) is 5.54. The van der Waals surface area contributed by atoms with E-state index in [0.717, 1.165) is 16.7 Å². The molecule has 1 unspecified atom stereocenters. The van der Waals surface area contributed by atoms with Crippen molar-refractivity contribution < 1.29 is 13.9 Å². The van der Waals surface area contributed by atoms with Gasteiger partial charge in [0.25, 0.3) is 5.91 Å². The molecular formula is C23H22ClNO4. The van der Waals surface area contributed by atoms with Crippen LogP contribution in [0, 0.1) is 13.8 Å². The Morgan fingerprint density at radius 1 is 1.17 bits per heavy atom. The van der Waals surface area contributed by atoms with E-state index < -0.39 is 6.04 Å². The van der Waals surface area contributed by atoms with Crippen molar-refractivity contribution in [3.8, 4) is 0 Å². The number of nitrogens with zero attached hydrogens (tertiary/aromatic N) is 1. The molecule has 5 nitrogen and oxygen atoms in total. The molecule has 2 aromatic carbocycles. The molecule has 0 saturated heterocycles. The molecule has 0 N–H and O–H groups in total. The number of hydrogen-bond acceptors (Lipinski definition) is 4. The predicted molar refractivity (Wildman–Crippen MR) is 113 cm³/mol. The molecule has 1 aliphatic heterocycles. The third kappa shape index (κ3) is 3.34. The van der Waals surface area contributed by atoms with Crippen LogP contribution in [0.25, 0.3) is 11.0 Å². The minimum atomic E-state index is -0.533. The van der Waals surface area contributed by atoms with Gasteiger partial charge in [0.2, 0.25) is 5.76 Å². The van der Waals surface area contributed by atoms with E-state index in [1.54, 1.807) is 24.1 Å². The Labute approximate surface area is 173 Å². The number of carbonyl (C=O) groups is 1. The number of aryl methyl sites for hydroxylation is 2. The van der Waals surface area contributed by atoms with E-state index in [1.807, 2.05) is 38.1 Å². The van der Waals surface area contributed by atoms with Crippen LogP contribution < -0.4 is 5.43 Å². The molecule has 1 atom stereocenters. The van der Waals surface area contributed by atoms with Crippen LogP contribution in [-0.2, 0) is 4.74 Å². The average molecular weight is 412 g/mol. The molecule has 0 saturated carbocycles. The molecule has 0 fully saturated rings. The van der Waals surface area contributed by atoms with Gasteiger partial charge in [0.05, 0.1) is 17.0 Å². The lowest BCUT2D eigenvalue weighted by Gasteiger charge is -2.25. The van der Waals surface area contributed by atoms with Crippen LogP contribution in [0.15, 0.2) is 45.6 Å². The molecule has 29 heavy (non-hydrogen) atoms. The van der Waals surface area contributed by atoms with Crippen LogP contribution in [0.5, 0.6) is 0 Å². The molecule has 150 valence electrons. The summed E-state index contributed by atoms with van der Waals surface area (Å²) < 4.78 is 11.2. The number of ether oxygens (including phenoxy) is 1. The highest BCUT2D eigenvalue weighted by molar-refractivity contribution is 6.30. The summed E-state index contributed by atoms with van der Waals surface area (Å²) in [6.07, 6.45) is 0.652. The summed E-state index contributed by atoms with van der Waals surface area (Å²) >= 11 is 6.21. The molecule has 0 aliphatic carbocycles. The van der Waals surface area contributed by atoms with Gasteiger partial charge < -0.3 is 14.1 Å². The summed E-state index contributed by atoms with van der Waals surface area (Å²) in [5.41, 5.74) is 3.29. The number of carbonyl (C=O) groups excluding carboxylic acids is 1. The highest BCUT2D eigenvalue weighted by Gasteiger charge is 2.42.